The lowest BCUT2D eigenvalue weighted by Gasteiger charge is -2.09. The van der Waals surface area contributed by atoms with Gasteiger partial charge < -0.3 is 15.4 Å². The van der Waals surface area contributed by atoms with Crippen molar-refractivity contribution >= 4 is 40.9 Å². The van der Waals surface area contributed by atoms with Gasteiger partial charge in [-0.1, -0.05) is 12.1 Å². The van der Waals surface area contributed by atoms with Gasteiger partial charge in [0.15, 0.2) is 5.11 Å². The minimum absolute atomic E-state index is 0.136. The van der Waals surface area contributed by atoms with Crippen molar-refractivity contribution in [3.8, 4) is 5.75 Å². The molecule has 0 heterocycles. The summed E-state index contributed by atoms with van der Waals surface area (Å²) in [6.45, 7) is 2.43. The fraction of sp³-hybridized carbons (Fsp3) is 0.150. The molecule has 27 heavy (non-hydrogen) atoms. The van der Waals surface area contributed by atoms with Crippen molar-refractivity contribution in [3.05, 3.63) is 65.7 Å². The van der Waals surface area contributed by atoms with E-state index in [0.29, 0.717) is 17.8 Å². The molecule has 6 nitrogen and oxygen atoms in total. The third-order valence-corrected chi connectivity index (χ3v) is 3.73. The molecule has 2 aromatic carbocycles. The fourth-order valence-electron chi connectivity index (χ4n) is 2.17. The Labute approximate surface area is 163 Å². The second kappa shape index (κ2) is 10.1. The highest BCUT2D eigenvalue weighted by atomic mass is 32.1. The molecule has 0 spiro atoms. The molecule has 0 aliphatic rings. The Hall–Kier alpha value is -3.19. The van der Waals surface area contributed by atoms with Crippen LogP contribution in [0, 0.1) is 0 Å². The summed E-state index contributed by atoms with van der Waals surface area (Å²) in [6, 6.07) is 14.1. The Morgan fingerprint density at radius 1 is 1.07 bits per heavy atom. The van der Waals surface area contributed by atoms with Crippen molar-refractivity contribution in [2.24, 2.45) is 0 Å². The zero-order valence-electron chi connectivity index (χ0n) is 15.1. The van der Waals surface area contributed by atoms with Crippen LogP contribution in [-0.4, -0.2) is 30.6 Å². The number of amides is 2. The third kappa shape index (κ3) is 6.56. The van der Waals surface area contributed by atoms with Crippen LogP contribution >= 0.6 is 12.2 Å². The van der Waals surface area contributed by atoms with Crippen LogP contribution in [0.15, 0.2) is 54.6 Å². The summed E-state index contributed by atoms with van der Waals surface area (Å²) in [6.07, 6.45) is 3.08. The predicted molar refractivity (Wildman–Crippen MR) is 111 cm³/mol. The summed E-state index contributed by atoms with van der Waals surface area (Å²) in [7, 11) is 1.60. The van der Waals surface area contributed by atoms with Gasteiger partial charge in [0.2, 0.25) is 5.91 Å². The fourth-order valence-corrected chi connectivity index (χ4v) is 2.39. The lowest BCUT2D eigenvalue weighted by Crippen LogP contribution is -2.32. The average molecular weight is 383 g/mol. The SMILES string of the molecule is CCNC(=O)c1ccc(NC(=S)NC(=O)/C=C/c2ccc(OC)cc2)cc1. The number of carbonyl (C=O) groups excluding carboxylic acids is 2. The second-order valence-electron chi connectivity index (χ2n) is 5.49. The van der Waals surface area contributed by atoms with Crippen LogP contribution in [0.2, 0.25) is 0 Å². The molecule has 0 aliphatic heterocycles. The Balaban J connectivity index is 1.86. The van der Waals surface area contributed by atoms with Crippen LogP contribution < -0.4 is 20.7 Å². The highest BCUT2D eigenvalue weighted by Crippen LogP contribution is 2.12. The molecule has 7 heteroatoms. The Bertz CT molecular complexity index is 831. The normalized spacial score (nSPS) is 10.3. The number of methoxy groups -OCH3 is 1. The molecule has 2 amide bonds. The molecule has 0 unspecified atom stereocenters. The van der Waals surface area contributed by atoms with Gasteiger partial charge in [0.05, 0.1) is 7.11 Å². The van der Waals surface area contributed by atoms with Crippen LogP contribution in [-0.2, 0) is 4.79 Å². The van der Waals surface area contributed by atoms with E-state index in [0.717, 1.165) is 11.3 Å². The smallest absolute Gasteiger partial charge is 0.251 e. The number of rotatable bonds is 6. The molecule has 0 aromatic heterocycles. The van der Waals surface area contributed by atoms with Gasteiger partial charge in [0, 0.05) is 23.9 Å². The summed E-state index contributed by atoms with van der Waals surface area (Å²) >= 11 is 5.13. The zero-order valence-corrected chi connectivity index (χ0v) is 15.9. The largest absolute Gasteiger partial charge is 0.497 e. The molecular formula is C20H21N3O3S. The van der Waals surface area contributed by atoms with Crippen LogP contribution in [0.25, 0.3) is 6.08 Å². The second-order valence-corrected chi connectivity index (χ2v) is 5.89. The van der Waals surface area contributed by atoms with E-state index >= 15 is 0 Å². The Morgan fingerprint density at radius 3 is 2.33 bits per heavy atom. The van der Waals surface area contributed by atoms with Gasteiger partial charge in [-0.3, -0.25) is 14.9 Å². The monoisotopic (exact) mass is 383 g/mol. The first-order valence-corrected chi connectivity index (χ1v) is 8.75. The topological polar surface area (TPSA) is 79.5 Å². The molecule has 0 saturated carbocycles. The third-order valence-electron chi connectivity index (χ3n) is 3.52. The number of thiocarbonyl (C=S) groups is 1. The van der Waals surface area contributed by atoms with Gasteiger partial charge in [-0.2, -0.15) is 0 Å². The first-order chi connectivity index (χ1) is 13.0. The van der Waals surface area contributed by atoms with Gasteiger partial charge in [-0.05, 0) is 67.2 Å². The number of ether oxygens (including phenoxy) is 1. The van der Waals surface area contributed by atoms with Crippen molar-refractivity contribution in [1.29, 1.82) is 0 Å². The van der Waals surface area contributed by atoms with Crippen molar-refractivity contribution in [2.75, 3.05) is 19.0 Å². The molecule has 0 atom stereocenters. The summed E-state index contributed by atoms with van der Waals surface area (Å²) in [5, 5.41) is 8.37. The average Bonchev–Trinajstić information content (AvgIpc) is 2.67. The van der Waals surface area contributed by atoms with Crippen LogP contribution in [0.3, 0.4) is 0 Å². The van der Waals surface area contributed by atoms with E-state index in [1.807, 2.05) is 31.2 Å². The molecule has 2 rings (SSSR count). The van der Waals surface area contributed by atoms with E-state index in [2.05, 4.69) is 16.0 Å². The number of hydrogen-bond donors (Lipinski definition) is 3. The first-order valence-electron chi connectivity index (χ1n) is 8.34. The van der Waals surface area contributed by atoms with E-state index in [-0.39, 0.29) is 16.9 Å². The molecule has 2 aromatic rings. The molecule has 0 bridgehead atoms. The first kappa shape index (κ1) is 20.1. The van der Waals surface area contributed by atoms with Gasteiger partial charge in [-0.25, -0.2) is 0 Å². The molecular weight excluding hydrogens is 362 g/mol. The highest BCUT2D eigenvalue weighted by molar-refractivity contribution is 7.80. The van der Waals surface area contributed by atoms with Gasteiger partial charge >= 0.3 is 0 Å². The number of anilines is 1. The van der Waals surface area contributed by atoms with Crippen molar-refractivity contribution in [3.63, 3.8) is 0 Å². The number of carbonyl (C=O) groups is 2. The van der Waals surface area contributed by atoms with E-state index in [1.165, 1.54) is 6.08 Å². The van der Waals surface area contributed by atoms with Gasteiger partial charge in [0.25, 0.3) is 5.91 Å². The summed E-state index contributed by atoms with van der Waals surface area (Å²) in [4.78, 5) is 23.7. The zero-order chi connectivity index (χ0) is 19.6. The van der Waals surface area contributed by atoms with Crippen LogP contribution in [0.1, 0.15) is 22.8 Å². The van der Waals surface area contributed by atoms with Crippen molar-refractivity contribution < 1.29 is 14.3 Å². The standard InChI is InChI=1S/C20H21N3O3S/c1-3-21-19(25)15-7-9-16(10-8-15)22-20(27)23-18(24)13-6-14-4-11-17(26-2)12-5-14/h4-13H,3H2,1-2H3,(H,21,25)(H2,22,23,24,27)/b13-6+. The molecule has 3 N–H and O–H groups in total. The van der Waals surface area contributed by atoms with E-state index in [1.54, 1.807) is 37.5 Å². The van der Waals surface area contributed by atoms with E-state index in [4.69, 9.17) is 17.0 Å². The van der Waals surface area contributed by atoms with Crippen molar-refractivity contribution in [1.82, 2.24) is 10.6 Å². The molecule has 0 saturated heterocycles. The molecule has 0 fully saturated rings. The lowest BCUT2D eigenvalue weighted by molar-refractivity contribution is -0.115. The number of benzene rings is 2. The predicted octanol–water partition coefficient (Wildman–Crippen LogP) is 2.97. The maximum Gasteiger partial charge on any atom is 0.251 e. The van der Waals surface area contributed by atoms with Crippen molar-refractivity contribution in [2.45, 2.75) is 6.92 Å². The minimum atomic E-state index is -0.345. The summed E-state index contributed by atoms with van der Waals surface area (Å²) in [5.74, 6) is 0.269. The maximum absolute atomic E-state index is 12.0. The Morgan fingerprint density at radius 2 is 1.74 bits per heavy atom. The lowest BCUT2D eigenvalue weighted by atomic mass is 10.2. The molecule has 0 radical (unpaired) electrons. The van der Waals surface area contributed by atoms with Gasteiger partial charge in [0.1, 0.15) is 5.75 Å². The van der Waals surface area contributed by atoms with Crippen LogP contribution in [0.5, 0.6) is 5.75 Å². The summed E-state index contributed by atoms with van der Waals surface area (Å²) in [5.41, 5.74) is 2.10. The van der Waals surface area contributed by atoms with E-state index < -0.39 is 0 Å². The highest BCUT2D eigenvalue weighted by Gasteiger charge is 2.05. The number of nitrogens with one attached hydrogen (secondary N) is 3. The number of hydrogen-bond acceptors (Lipinski definition) is 4. The minimum Gasteiger partial charge on any atom is -0.497 e. The molecule has 0 aliphatic carbocycles. The summed E-state index contributed by atoms with van der Waals surface area (Å²) < 4.78 is 5.09. The maximum atomic E-state index is 12.0. The molecule has 140 valence electrons. The van der Waals surface area contributed by atoms with Gasteiger partial charge in [-0.15, -0.1) is 0 Å². The van der Waals surface area contributed by atoms with Crippen LogP contribution in [0.4, 0.5) is 5.69 Å². The quantitative estimate of drug-likeness (QED) is 0.528. The van der Waals surface area contributed by atoms with E-state index in [9.17, 15) is 9.59 Å². The Kier molecular flexibility index (Phi) is 7.51.